The Labute approximate surface area is 127 Å². The Morgan fingerprint density at radius 2 is 1.71 bits per heavy atom. The van der Waals surface area contributed by atoms with E-state index in [1.165, 1.54) is 17.5 Å². The van der Waals surface area contributed by atoms with E-state index in [2.05, 4.69) is 42.5 Å². The second-order valence-corrected chi connectivity index (χ2v) is 5.50. The fourth-order valence-corrected chi connectivity index (χ4v) is 2.73. The minimum atomic E-state index is 0.519. The fraction of sp³-hybridized carbons (Fsp3) is 0.368. The monoisotopic (exact) mass is 283 g/mol. The number of rotatable bonds is 8. The van der Waals surface area contributed by atoms with E-state index in [-0.39, 0.29) is 0 Å². The van der Waals surface area contributed by atoms with Crippen molar-refractivity contribution >= 4 is 0 Å². The molecule has 0 radical (unpaired) electrons. The molecule has 2 heteroatoms. The second-order valence-electron chi connectivity index (χ2n) is 5.50. The Balaban J connectivity index is 1.85. The normalized spacial score (nSPS) is 12.1. The number of nitrogens with two attached hydrogens (primary N) is 1. The summed E-state index contributed by atoms with van der Waals surface area (Å²) < 4.78 is 5.42. The molecule has 0 aliphatic heterocycles. The van der Waals surface area contributed by atoms with Crippen molar-refractivity contribution in [1.29, 1.82) is 0 Å². The first-order valence-corrected chi connectivity index (χ1v) is 7.69. The Kier molecular flexibility index (Phi) is 6.29. The number of hydrogen-bond acceptors (Lipinski definition) is 2. The molecular weight excluding hydrogens is 258 g/mol. The minimum absolute atomic E-state index is 0.519. The van der Waals surface area contributed by atoms with Gasteiger partial charge in [0, 0.05) is 0 Å². The van der Waals surface area contributed by atoms with Gasteiger partial charge in [0.05, 0.1) is 7.11 Å². The van der Waals surface area contributed by atoms with Crippen LogP contribution in [0.2, 0.25) is 0 Å². The first-order chi connectivity index (χ1) is 10.3. The van der Waals surface area contributed by atoms with Crippen LogP contribution >= 0.6 is 0 Å². The van der Waals surface area contributed by atoms with Gasteiger partial charge in [-0.25, -0.2) is 0 Å². The molecule has 2 rings (SSSR count). The van der Waals surface area contributed by atoms with Crippen molar-refractivity contribution in [2.45, 2.75) is 25.7 Å². The van der Waals surface area contributed by atoms with Crippen LogP contribution in [0, 0.1) is 5.92 Å². The van der Waals surface area contributed by atoms with Crippen molar-refractivity contribution in [2.24, 2.45) is 11.7 Å². The molecular formula is C19H25NO. The van der Waals surface area contributed by atoms with Gasteiger partial charge in [0.15, 0.2) is 0 Å². The molecule has 2 aromatic carbocycles. The van der Waals surface area contributed by atoms with Crippen LogP contribution in [0.4, 0.5) is 0 Å². The van der Waals surface area contributed by atoms with Crippen LogP contribution in [-0.2, 0) is 12.8 Å². The number of methoxy groups -OCH3 is 1. The van der Waals surface area contributed by atoms with Crippen molar-refractivity contribution in [3.05, 3.63) is 65.7 Å². The van der Waals surface area contributed by atoms with Crippen LogP contribution < -0.4 is 10.5 Å². The number of benzene rings is 2. The van der Waals surface area contributed by atoms with Crippen molar-refractivity contribution in [2.75, 3.05) is 13.7 Å². The predicted octanol–water partition coefficient (Wildman–Crippen LogP) is 3.84. The molecule has 0 saturated heterocycles. The number of para-hydroxylation sites is 1. The van der Waals surface area contributed by atoms with Crippen LogP contribution in [0.1, 0.15) is 24.0 Å². The predicted molar refractivity (Wildman–Crippen MR) is 88.6 cm³/mol. The van der Waals surface area contributed by atoms with Gasteiger partial charge in [-0.3, -0.25) is 0 Å². The summed E-state index contributed by atoms with van der Waals surface area (Å²) in [5.74, 6) is 1.49. The van der Waals surface area contributed by atoms with Crippen molar-refractivity contribution in [3.63, 3.8) is 0 Å². The summed E-state index contributed by atoms with van der Waals surface area (Å²) in [5, 5.41) is 0. The summed E-state index contributed by atoms with van der Waals surface area (Å²) >= 11 is 0. The van der Waals surface area contributed by atoms with E-state index < -0.39 is 0 Å². The Bertz CT molecular complexity index is 524. The molecule has 0 spiro atoms. The summed E-state index contributed by atoms with van der Waals surface area (Å²) in [4.78, 5) is 0. The highest BCUT2D eigenvalue weighted by Crippen LogP contribution is 2.23. The van der Waals surface area contributed by atoms with Crippen LogP contribution in [0.5, 0.6) is 5.75 Å². The van der Waals surface area contributed by atoms with Crippen molar-refractivity contribution in [1.82, 2.24) is 0 Å². The molecule has 21 heavy (non-hydrogen) atoms. The summed E-state index contributed by atoms with van der Waals surface area (Å²) in [6, 6.07) is 18.9. The van der Waals surface area contributed by atoms with Gasteiger partial charge in [0.1, 0.15) is 5.75 Å². The molecule has 2 aromatic rings. The highest BCUT2D eigenvalue weighted by Gasteiger charge is 2.11. The van der Waals surface area contributed by atoms with Gasteiger partial charge >= 0.3 is 0 Å². The van der Waals surface area contributed by atoms with Crippen LogP contribution in [0.25, 0.3) is 0 Å². The molecule has 0 saturated carbocycles. The zero-order valence-corrected chi connectivity index (χ0v) is 12.8. The van der Waals surface area contributed by atoms with Gasteiger partial charge in [-0.1, -0.05) is 48.5 Å². The molecule has 1 unspecified atom stereocenters. The van der Waals surface area contributed by atoms with Gasteiger partial charge in [-0.05, 0) is 55.3 Å². The number of aryl methyl sites for hydroxylation is 1. The quantitative estimate of drug-likeness (QED) is 0.799. The largest absolute Gasteiger partial charge is 0.496 e. The van der Waals surface area contributed by atoms with Crippen LogP contribution in [0.15, 0.2) is 54.6 Å². The maximum absolute atomic E-state index is 5.95. The van der Waals surface area contributed by atoms with Gasteiger partial charge in [0.25, 0.3) is 0 Å². The summed E-state index contributed by atoms with van der Waals surface area (Å²) in [7, 11) is 1.73. The van der Waals surface area contributed by atoms with E-state index >= 15 is 0 Å². The van der Waals surface area contributed by atoms with Crippen LogP contribution in [-0.4, -0.2) is 13.7 Å². The molecule has 2 N–H and O–H groups in total. The topological polar surface area (TPSA) is 35.2 Å². The maximum atomic E-state index is 5.95. The van der Waals surface area contributed by atoms with E-state index in [0.717, 1.165) is 31.6 Å². The molecule has 0 aromatic heterocycles. The average Bonchev–Trinajstić information content (AvgIpc) is 2.55. The van der Waals surface area contributed by atoms with Crippen molar-refractivity contribution in [3.8, 4) is 5.75 Å². The summed E-state index contributed by atoms with van der Waals surface area (Å²) in [6.45, 7) is 0.729. The highest BCUT2D eigenvalue weighted by atomic mass is 16.5. The Hall–Kier alpha value is -1.80. The Morgan fingerprint density at radius 3 is 2.43 bits per heavy atom. The molecule has 0 aliphatic carbocycles. The second kappa shape index (κ2) is 8.48. The van der Waals surface area contributed by atoms with Gasteiger partial charge < -0.3 is 10.5 Å². The third kappa shape index (κ3) is 4.91. The first-order valence-electron chi connectivity index (χ1n) is 7.69. The molecule has 1 atom stereocenters. The molecule has 0 heterocycles. The van der Waals surface area contributed by atoms with E-state index in [4.69, 9.17) is 10.5 Å². The molecule has 0 bridgehead atoms. The van der Waals surface area contributed by atoms with E-state index in [1.54, 1.807) is 7.11 Å². The standard InChI is InChI=1S/C19H25NO/c1-21-19-13-6-5-12-18(19)14-17(15-20)11-7-10-16-8-3-2-4-9-16/h2-6,8-9,12-13,17H,7,10-11,14-15,20H2,1H3. The van der Waals surface area contributed by atoms with Gasteiger partial charge in [-0.15, -0.1) is 0 Å². The van der Waals surface area contributed by atoms with E-state index in [0.29, 0.717) is 5.92 Å². The van der Waals surface area contributed by atoms with E-state index in [9.17, 15) is 0 Å². The average molecular weight is 283 g/mol. The highest BCUT2D eigenvalue weighted by molar-refractivity contribution is 5.33. The lowest BCUT2D eigenvalue weighted by molar-refractivity contribution is 0.400. The number of hydrogen-bond donors (Lipinski definition) is 1. The van der Waals surface area contributed by atoms with Gasteiger partial charge in [0.2, 0.25) is 0 Å². The molecule has 0 aliphatic rings. The van der Waals surface area contributed by atoms with Crippen molar-refractivity contribution < 1.29 is 4.74 Å². The zero-order chi connectivity index (χ0) is 14.9. The smallest absolute Gasteiger partial charge is 0.122 e. The van der Waals surface area contributed by atoms with E-state index in [1.807, 2.05) is 12.1 Å². The Morgan fingerprint density at radius 1 is 1.00 bits per heavy atom. The summed E-state index contributed by atoms with van der Waals surface area (Å²) in [6.07, 6.45) is 4.46. The van der Waals surface area contributed by atoms with Crippen LogP contribution in [0.3, 0.4) is 0 Å². The molecule has 0 fully saturated rings. The fourth-order valence-electron chi connectivity index (χ4n) is 2.73. The third-order valence-electron chi connectivity index (χ3n) is 3.96. The number of ether oxygens (including phenoxy) is 1. The SMILES string of the molecule is COc1ccccc1CC(CN)CCCc1ccccc1. The zero-order valence-electron chi connectivity index (χ0n) is 12.8. The summed E-state index contributed by atoms with van der Waals surface area (Å²) in [5.41, 5.74) is 8.62. The lowest BCUT2D eigenvalue weighted by Crippen LogP contribution is -2.17. The maximum Gasteiger partial charge on any atom is 0.122 e. The molecule has 2 nitrogen and oxygen atoms in total. The molecule has 112 valence electrons. The lowest BCUT2D eigenvalue weighted by Gasteiger charge is -2.16. The third-order valence-corrected chi connectivity index (χ3v) is 3.96. The minimum Gasteiger partial charge on any atom is -0.496 e. The molecule has 0 amide bonds. The first kappa shape index (κ1) is 15.6. The van der Waals surface area contributed by atoms with Gasteiger partial charge in [-0.2, -0.15) is 0 Å². The lowest BCUT2D eigenvalue weighted by atomic mass is 9.93.